The molecule has 1 heterocycles. The van der Waals surface area contributed by atoms with Crippen molar-refractivity contribution in [3.8, 4) is 5.75 Å². The molecule has 0 fully saturated rings. The molecule has 36 heavy (non-hydrogen) atoms. The van der Waals surface area contributed by atoms with Crippen LogP contribution in [0.5, 0.6) is 5.75 Å². The number of rotatable bonds is 8. The van der Waals surface area contributed by atoms with Gasteiger partial charge in [-0.1, -0.05) is 15.9 Å². The molecule has 0 radical (unpaired) electrons. The third kappa shape index (κ3) is 6.83. The van der Waals surface area contributed by atoms with Crippen LogP contribution in [-0.4, -0.2) is 38.7 Å². The first-order valence-corrected chi connectivity index (χ1v) is 11.5. The number of non-ortho nitro benzene ring substituents is 1. The van der Waals surface area contributed by atoms with Crippen molar-refractivity contribution in [2.24, 2.45) is 0 Å². The van der Waals surface area contributed by atoms with E-state index < -0.39 is 16.9 Å². The van der Waals surface area contributed by atoms with Crippen molar-refractivity contribution in [1.29, 1.82) is 0 Å². The van der Waals surface area contributed by atoms with Crippen LogP contribution in [0.25, 0.3) is 10.9 Å². The number of H-pyrrole nitrogens is 1. The van der Waals surface area contributed by atoms with Crippen molar-refractivity contribution < 1.29 is 29.5 Å². The molecule has 1 aromatic heterocycles. The van der Waals surface area contributed by atoms with Gasteiger partial charge in [0.15, 0.2) is 0 Å². The predicted octanol–water partition coefficient (Wildman–Crippen LogP) is 5.99. The molecule has 4 N–H and O–H groups in total. The van der Waals surface area contributed by atoms with E-state index in [1.54, 1.807) is 30.5 Å². The second-order valence-corrected chi connectivity index (χ2v) is 8.36. The summed E-state index contributed by atoms with van der Waals surface area (Å²) in [6, 6.07) is 16.2. The van der Waals surface area contributed by atoms with E-state index in [0.29, 0.717) is 18.0 Å². The Bertz CT molecular complexity index is 1400. The molecule has 11 heteroatoms. The van der Waals surface area contributed by atoms with Gasteiger partial charge in [0.05, 0.1) is 29.2 Å². The summed E-state index contributed by atoms with van der Waals surface area (Å²) in [6.07, 6.45) is 1.79. The molecule has 10 nitrogen and oxygen atoms in total. The molecule has 0 saturated heterocycles. The number of aromatic amines is 1. The molecule has 0 aliphatic rings. The van der Waals surface area contributed by atoms with Crippen molar-refractivity contribution in [3.05, 3.63) is 92.6 Å². The minimum atomic E-state index is -1.16. The van der Waals surface area contributed by atoms with Crippen LogP contribution in [0.15, 0.2) is 71.3 Å². The van der Waals surface area contributed by atoms with Gasteiger partial charge in [-0.15, -0.1) is 0 Å². The van der Waals surface area contributed by atoms with Crippen LogP contribution < -0.4 is 10.1 Å². The van der Waals surface area contributed by atoms with Gasteiger partial charge in [0.2, 0.25) is 0 Å². The smallest absolute Gasteiger partial charge is 0.337 e. The number of carboxylic acids is 2. The predicted molar refractivity (Wildman–Crippen MR) is 138 cm³/mol. The molecule has 0 saturated carbocycles. The lowest BCUT2D eigenvalue weighted by molar-refractivity contribution is -0.384. The molecule has 0 spiro atoms. The molecule has 4 rings (SSSR count). The van der Waals surface area contributed by atoms with Gasteiger partial charge >= 0.3 is 11.9 Å². The zero-order valence-electron chi connectivity index (χ0n) is 19.0. The topological polar surface area (TPSA) is 155 Å². The maximum Gasteiger partial charge on any atom is 0.337 e. The molecule has 0 aliphatic heterocycles. The minimum Gasteiger partial charge on any atom is -0.494 e. The first-order chi connectivity index (χ1) is 17.2. The lowest BCUT2D eigenvalue weighted by Crippen LogP contribution is -2.03. The van der Waals surface area contributed by atoms with E-state index >= 15 is 0 Å². The molecule has 3 aromatic carbocycles. The molecule has 186 valence electrons. The average Bonchev–Trinajstić information content (AvgIpc) is 3.22. The highest BCUT2D eigenvalue weighted by Crippen LogP contribution is 2.27. The van der Waals surface area contributed by atoms with Gasteiger partial charge in [0.1, 0.15) is 5.75 Å². The van der Waals surface area contributed by atoms with Crippen molar-refractivity contribution in [3.63, 3.8) is 0 Å². The normalized spacial score (nSPS) is 10.3. The molecule has 4 aromatic rings. The van der Waals surface area contributed by atoms with E-state index in [1.807, 2.05) is 25.1 Å². The Hall–Kier alpha value is -4.38. The zero-order chi connectivity index (χ0) is 26.2. The first-order valence-electron chi connectivity index (χ1n) is 10.7. The SMILES string of the molecule is CCOc1ccc(Nc2cc([N+](=O)[O-])ccc2C(=O)O)cc1.O=C(O)Cc1c[nH]c2ccc(Br)cc12. The number of nitro benzene ring substituents is 1. The van der Waals surface area contributed by atoms with E-state index in [-0.39, 0.29) is 23.4 Å². The second kappa shape index (κ2) is 11.8. The number of nitrogens with zero attached hydrogens (tertiary/aromatic N) is 1. The van der Waals surface area contributed by atoms with Gasteiger partial charge in [0, 0.05) is 39.4 Å². The second-order valence-electron chi connectivity index (χ2n) is 7.45. The fourth-order valence-corrected chi connectivity index (χ4v) is 3.71. The number of hydrogen-bond donors (Lipinski definition) is 4. The summed E-state index contributed by atoms with van der Waals surface area (Å²) in [6.45, 7) is 2.41. The molecule has 0 unspecified atom stereocenters. The molecule has 0 aliphatic carbocycles. The summed E-state index contributed by atoms with van der Waals surface area (Å²) in [5.74, 6) is -1.29. The molecule has 0 atom stereocenters. The van der Waals surface area contributed by atoms with Crippen molar-refractivity contribution >= 4 is 55.8 Å². The fourth-order valence-electron chi connectivity index (χ4n) is 3.35. The highest BCUT2D eigenvalue weighted by Gasteiger charge is 2.15. The number of halogens is 1. The van der Waals surface area contributed by atoms with Gasteiger partial charge in [-0.3, -0.25) is 14.9 Å². The summed E-state index contributed by atoms with van der Waals surface area (Å²) >= 11 is 3.36. The van der Waals surface area contributed by atoms with E-state index in [2.05, 4.69) is 26.2 Å². The number of hydrogen-bond acceptors (Lipinski definition) is 6. The van der Waals surface area contributed by atoms with Gasteiger partial charge < -0.3 is 25.3 Å². The summed E-state index contributed by atoms with van der Waals surface area (Å²) < 4.78 is 6.27. The lowest BCUT2D eigenvalue weighted by Gasteiger charge is -2.10. The number of nitro groups is 1. The number of aromatic nitrogens is 1. The number of aromatic carboxylic acids is 1. The molecule has 0 bridgehead atoms. The Morgan fingerprint density at radius 2 is 1.81 bits per heavy atom. The van der Waals surface area contributed by atoms with Crippen LogP contribution in [0, 0.1) is 10.1 Å². The maximum absolute atomic E-state index is 11.2. The van der Waals surface area contributed by atoms with Crippen molar-refractivity contribution in [1.82, 2.24) is 4.98 Å². The van der Waals surface area contributed by atoms with Gasteiger partial charge in [-0.25, -0.2) is 4.79 Å². The van der Waals surface area contributed by atoms with Gasteiger partial charge in [-0.2, -0.15) is 0 Å². The fraction of sp³-hybridized carbons (Fsp3) is 0.120. The number of carboxylic acid groups (broad SMARTS) is 2. The highest BCUT2D eigenvalue weighted by molar-refractivity contribution is 9.10. The van der Waals surface area contributed by atoms with Crippen LogP contribution in [0.2, 0.25) is 0 Å². The van der Waals surface area contributed by atoms with Crippen LogP contribution in [-0.2, 0) is 11.2 Å². The third-order valence-electron chi connectivity index (χ3n) is 4.96. The Labute approximate surface area is 213 Å². The van der Waals surface area contributed by atoms with Crippen molar-refractivity contribution in [2.45, 2.75) is 13.3 Å². The molecule has 0 amide bonds. The van der Waals surface area contributed by atoms with Gasteiger partial charge in [0.25, 0.3) is 5.69 Å². The van der Waals surface area contributed by atoms with E-state index in [4.69, 9.17) is 14.9 Å². The van der Waals surface area contributed by atoms with Crippen LogP contribution in [0.1, 0.15) is 22.8 Å². The van der Waals surface area contributed by atoms with E-state index in [0.717, 1.165) is 27.0 Å². The number of aliphatic carboxylic acids is 1. The number of carbonyl (C=O) groups is 2. The Morgan fingerprint density at radius 1 is 1.08 bits per heavy atom. The van der Waals surface area contributed by atoms with E-state index in [9.17, 15) is 19.7 Å². The Balaban J connectivity index is 0.000000221. The standard InChI is InChI=1S/C15H14N2O5.C10H8BrNO2/c1-2-22-12-6-3-10(4-7-12)16-14-9-11(17(20)21)5-8-13(14)15(18)19;11-7-1-2-9-8(4-7)6(5-12-9)3-10(13)14/h3-9,16H,2H2,1H3,(H,18,19);1-2,4-5,12H,3H2,(H,13,14). The highest BCUT2D eigenvalue weighted by atomic mass is 79.9. The Kier molecular flexibility index (Phi) is 8.63. The molecular formula is C25H22BrN3O7. The quantitative estimate of drug-likeness (QED) is 0.152. The molecular weight excluding hydrogens is 534 g/mol. The van der Waals surface area contributed by atoms with Crippen molar-refractivity contribution in [2.75, 3.05) is 11.9 Å². The average molecular weight is 556 g/mol. The lowest BCUT2D eigenvalue weighted by atomic mass is 10.1. The van der Waals surface area contributed by atoms with Gasteiger partial charge in [-0.05, 0) is 61.0 Å². The number of anilines is 2. The number of ether oxygens (including phenoxy) is 1. The van der Waals surface area contributed by atoms with Crippen LogP contribution in [0.3, 0.4) is 0 Å². The summed E-state index contributed by atoms with van der Waals surface area (Å²) in [7, 11) is 0. The summed E-state index contributed by atoms with van der Waals surface area (Å²) in [5, 5.41) is 32.5. The van der Waals surface area contributed by atoms with Crippen LogP contribution >= 0.6 is 15.9 Å². The first kappa shape index (κ1) is 26.2. The summed E-state index contributed by atoms with van der Waals surface area (Å²) in [4.78, 5) is 35.1. The minimum absolute atomic E-state index is 0.0421. The monoisotopic (exact) mass is 555 g/mol. The van der Waals surface area contributed by atoms with E-state index in [1.165, 1.54) is 12.1 Å². The van der Waals surface area contributed by atoms with Crippen LogP contribution in [0.4, 0.5) is 17.1 Å². The maximum atomic E-state index is 11.2. The third-order valence-corrected chi connectivity index (χ3v) is 5.45. The summed E-state index contributed by atoms with van der Waals surface area (Å²) in [5.41, 5.74) is 2.31. The zero-order valence-corrected chi connectivity index (χ0v) is 20.6. The number of fused-ring (bicyclic) bond motifs is 1. The number of benzene rings is 3. The Morgan fingerprint density at radius 3 is 2.42 bits per heavy atom. The largest absolute Gasteiger partial charge is 0.494 e. The number of nitrogens with one attached hydrogen (secondary N) is 2.